The number of rotatable bonds is 5. The number of carbonyl (C=O) groups is 1. The van der Waals surface area contributed by atoms with Crippen LogP contribution in [0.2, 0.25) is 0 Å². The molecule has 2 aromatic heterocycles. The summed E-state index contributed by atoms with van der Waals surface area (Å²) in [7, 11) is 1.59. The SMILES string of the molecule is COc1cccc2ccc(C(=O)NCCc3ccccn3)nc12. The van der Waals surface area contributed by atoms with Crippen LogP contribution in [0.3, 0.4) is 0 Å². The molecule has 0 bridgehead atoms. The quantitative estimate of drug-likeness (QED) is 0.787. The van der Waals surface area contributed by atoms with Gasteiger partial charge in [-0.3, -0.25) is 9.78 Å². The standard InChI is InChI=1S/C18H17N3O2/c1-23-16-7-4-5-13-8-9-15(21-17(13)16)18(22)20-12-10-14-6-2-3-11-19-14/h2-9,11H,10,12H2,1H3,(H,20,22). The van der Waals surface area contributed by atoms with Gasteiger partial charge in [0.15, 0.2) is 0 Å². The van der Waals surface area contributed by atoms with E-state index in [2.05, 4.69) is 15.3 Å². The molecule has 0 aliphatic carbocycles. The fourth-order valence-corrected chi connectivity index (χ4v) is 2.35. The van der Waals surface area contributed by atoms with Gasteiger partial charge in [-0.2, -0.15) is 0 Å². The highest BCUT2D eigenvalue weighted by Gasteiger charge is 2.10. The van der Waals surface area contributed by atoms with E-state index in [4.69, 9.17) is 4.74 Å². The Hall–Kier alpha value is -2.95. The molecular weight excluding hydrogens is 290 g/mol. The highest BCUT2D eigenvalue weighted by Crippen LogP contribution is 2.23. The first-order valence-electron chi connectivity index (χ1n) is 7.40. The van der Waals surface area contributed by atoms with Crippen molar-refractivity contribution in [2.75, 3.05) is 13.7 Å². The van der Waals surface area contributed by atoms with Crippen LogP contribution in [0.5, 0.6) is 5.75 Å². The second kappa shape index (κ2) is 6.87. The first-order chi connectivity index (χ1) is 11.3. The molecule has 3 aromatic rings. The lowest BCUT2D eigenvalue weighted by molar-refractivity contribution is 0.0949. The van der Waals surface area contributed by atoms with Crippen LogP contribution in [0.25, 0.3) is 10.9 Å². The first-order valence-corrected chi connectivity index (χ1v) is 7.40. The van der Waals surface area contributed by atoms with E-state index in [0.29, 0.717) is 29.9 Å². The van der Waals surface area contributed by atoms with Crippen molar-refractivity contribution in [2.45, 2.75) is 6.42 Å². The lowest BCUT2D eigenvalue weighted by Gasteiger charge is -2.07. The second-order valence-electron chi connectivity index (χ2n) is 5.06. The Bertz CT molecular complexity index is 819. The Kier molecular flexibility index (Phi) is 4.47. The van der Waals surface area contributed by atoms with Crippen molar-refractivity contribution < 1.29 is 9.53 Å². The Labute approximate surface area is 134 Å². The van der Waals surface area contributed by atoms with Crippen molar-refractivity contribution in [1.82, 2.24) is 15.3 Å². The van der Waals surface area contributed by atoms with E-state index >= 15 is 0 Å². The lowest BCUT2D eigenvalue weighted by Crippen LogP contribution is -2.26. The smallest absolute Gasteiger partial charge is 0.269 e. The fraction of sp³-hybridized carbons (Fsp3) is 0.167. The average Bonchev–Trinajstić information content (AvgIpc) is 2.61. The molecule has 5 heteroatoms. The third-order valence-electron chi connectivity index (χ3n) is 3.53. The van der Waals surface area contributed by atoms with Crippen LogP contribution >= 0.6 is 0 Å². The predicted molar refractivity (Wildman–Crippen MR) is 88.6 cm³/mol. The molecule has 2 heterocycles. The maximum absolute atomic E-state index is 12.2. The number of nitrogens with zero attached hydrogens (tertiary/aromatic N) is 2. The molecule has 1 N–H and O–H groups in total. The van der Waals surface area contributed by atoms with Gasteiger partial charge in [0.25, 0.3) is 5.91 Å². The minimum Gasteiger partial charge on any atom is -0.494 e. The molecule has 0 radical (unpaired) electrons. The number of carbonyl (C=O) groups excluding carboxylic acids is 1. The zero-order valence-corrected chi connectivity index (χ0v) is 12.8. The highest BCUT2D eigenvalue weighted by molar-refractivity contribution is 5.95. The highest BCUT2D eigenvalue weighted by atomic mass is 16.5. The van der Waals surface area contributed by atoms with Crippen molar-refractivity contribution in [3.63, 3.8) is 0 Å². The number of hydrogen-bond acceptors (Lipinski definition) is 4. The summed E-state index contributed by atoms with van der Waals surface area (Å²) in [6, 6.07) is 15.0. The molecule has 23 heavy (non-hydrogen) atoms. The molecular formula is C18H17N3O2. The molecule has 0 spiro atoms. The molecule has 0 unspecified atom stereocenters. The van der Waals surface area contributed by atoms with Crippen LogP contribution in [-0.2, 0) is 6.42 Å². The summed E-state index contributed by atoms with van der Waals surface area (Å²) in [4.78, 5) is 20.9. The van der Waals surface area contributed by atoms with E-state index in [0.717, 1.165) is 11.1 Å². The minimum atomic E-state index is -0.200. The molecule has 3 rings (SSSR count). The van der Waals surface area contributed by atoms with E-state index < -0.39 is 0 Å². The van der Waals surface area contributed by atoms with Gasteiger partial charge in [0.2, 0.25) is 0 Å². The third kappa shape index (κ3) is 3.45. The van der Waals surface area contributed by atoms with Crippen LogP contribution in [0.1, 0.15) is 16.2 Å². The molecule has 0 saturated heterocycles. The van der Waals surface area contributed by atoms with Gasteiger partial charge in [-0.25, -0.2) is 4.98 Å². The van der Waals surface area contributed by atoms with Crippen LogP contribution in [0, 0.1) is 0 Å². The summed E-state index contributed by atoms with van der Waals surface area (Å²) >= 11 is 0. The topological polar surface area (TPSA) is 64.1 Å². The van der Waals surface area contributed by atoms with Crippen molar-refractivity contribution in [2.24, 2.45) is 0 Å². The Morgan fingerprint density at radius 3 is 2.83 bits per heavy atom. The molecule has 0 aliphatic heterocycles. The summed E-state index contributed by atoms with van der Waals surface area (Å²) in [5.41, 5.74) is 2.01. The van der Waals surface area contributed by atoms with Gasteiger partial charge in [0.05, 0.1) is 7.11 Å². The summed E-state index contributed by atoms with van der Waals surface area (Å²) in [5.74, 6) is 0.458. The van der Waals surface area contributed by atoms with Gasteiger partial charge in [-0.15, -0.1) is 0 Å². The summed E-state index contributed by atoms with van der Waals surface area (Å²) in [6.07, 6.45) is 2.43. The minimum absolute atomic E-state index is 0.200. The largest absolute Gasteiger partial charge is 0.494 e. The van der Waals surface area contributed by atoms with Gasteiger partial charge in [-0.1, -0.05) is 24.3 Å². The first kappa shape index (κ1) is 15.0. The van der Waals surface area contributed by atoms with Crippen molar-refractivity contribution >= 4 is 16.8 Å². The van der Waals surface area contributed by atoms with E-state index in [1.54, 1.807) is 19.4 Å². The Balaban J connectivity index is 1.71. The molecule has 1 aromatic carbocycles. The lowest BCUT2D eigenvalue weighted by atomic mass is 10.2. The number of hydrogen-bond donors (Lipinski definition) is 1. The van der Waals surface area contributed by atoms with Gasteiger partial charge in [0, 0.05) is 30.2 Å². The zero-order chi connectivity index (χ0) is 16.1. The number of methoxy groups -OCH3 is 1. The number of nitrogens with one attached hydrogen (secondary N) is 1. The number of amides is 1. The van der Waals surface area contributed by atoms with Gasteiger partial charge in [0.1, 0.15) is 17.0 Å². The van der Waals surface area contributed by atoms with E-state index in [1.807, 2.05) is 42.5 Å². The number of benzene rings is 1. The summed E-state index contributed by atoms with van der Waals surface area (Å²) in [6.45, 7) is 0.515. The Morgan fingerprint density at radius 2 is 2.04 bits per heavy atom. The number of para-hydroxylation sites is 1. The third-order valence-corrected chi connectivity index (χ3v) is 3.53. The van der Waals surface area contributed by atoms with Gasteiger partial charge >= 0.3 is 0 Å². The average molecular weight is 307 g/mol. The molecule has 1 amide bonds. The molecule has 5 nitrogen and oxygen atoms in total. The molecule has 116 valence electrons. The maximum atomic E-state index is 12.2. The van der Waals surface area contributed by atoms with E-state index in [9.17, 15) is 4.79 Å². The fourth-order valence-electron chi connectivity index (χ4n) is 2.35. The van der Waals surface area contributed by atoms with Crippen LogP contribution in [0.15, 0.2) is 54.7 Å². The maximum Gasteiger partial charge on any atom is 0.269 e. The monoisotopic (exact) mass is 307 g/mol. The van der Waals surface area contributed by atoms with Gasteiger partial charge in [-0.05, 0) is 24.3 Å². The van der Waals surface area contributed by atoms with Crippen LogP contribution < -0.4 is 10.1 Å². The second-order valence-corrected chi connectivity index (χ2v) is 5.06. The summed E-state index contributed by atoms with van der Waals surface area (Å²) in [5, 5.41) is 3.81. The Morgan fingerprint density at radius 1 is 1.13 bits per heavy atom. The van der Waals surface area contributed by atoms with E-state index in [1.165, 1.54) is 0 Å². The normalized spacial score (nSPS) is 10.5. The molecule has 0 aliphatic rings. The molecule has 0 saturated carbocycles. The van der Waals surface area contributed by atoms with E-state index in [-0.39, 0.29) is 5.91 Å². The zero-order valence-electron chi connectivity index (χ0n) is 12.8. The predicted octanol–water partition coefficient (Wildman–Crippen LogP) is 2.61. The van der Waals surface area contributed by atoms with Crippen LogP contribution in [-0.4, -0.2) is 29.5 Å². The van der Waals surface area contributed by atoms with Crippen LogP contribution in [0.4, 0.5) is 0 Å². The number of ether oxygens (including phenoxy) is 1. The van der Waals surface area contributed by atoms with Crippen molar-refractivity contribution in [3.8, 4) is 5.75 Å². The van der Waals surface area contributed by atoms with Gasteiger partial charge < -0.3 is 10.1 Å². The molecule has 0 atom stereocenters. The number of pyridine rings is 2. The number of fused-ring (bicyclic) bond motifs is 1. The van der Waals surface area contributed by atoms with Crippen molar-refractivity contribution in [1.29, 1.82) is 0 Å². The molecule has 0 fully saturated rings. The summed E-state index contributed by atoms with van der Waals surface area (Å²) < 4.78 is 5.30. The van der Waals surface area contributed by atoms with Crippen molar-refractivity contribution in [3.05, 3.63) is 66.1 Å². The number of aromatic nitrogens is 2.